The molecule has 0 aliphatic rings. The topological polar surface area (TPSA) is 20.3 Å². The van der Waals surface area contributed by atoms with Crippen LogP contribution in [0.4, 0.5) is 13.2 Å². The van der Waals surface area contributed by atoms with Gasteiger partial charge in [0, 0.05) is 13.5 Å². The number of hydrogen-bond acceptors (Lipinski definition) is 1. The Kier molecular flexibility index (Phi) is 4.23. The zero-order chi connectivity index (χ0) is 10.6. The Morgan fingerprint density at radius 1 is 1.38 bits per heavy atom. The minimum Gasteiger partial charge on any atom is -0.337 e. The largest absolute Gasteiger partial charge is 0.406 e. The van der Waals surface area contributed by atoms with E-state index in [1.165, 1.54) is 0 Å². The molecule has 0 N–H and O–H groups in total. The first-order valence-corrected chi connectivity index (χ1v) is 4.03. The van der Waals surface area contributed by atoms with Gasteiger partial charge in [0.15, 0.2) is 0 Å². The smallest absolute Gasteiger partial charge is 0.337 e. The molecular formula is C8H14F3NO. The fourth-order valence-electron chi connectivity index (χ4n) is 0.862. The molecule has 1 amide bonds. The highest BCUT2D eigenvalue weighted by atomic mass is 19.4. The van der Waals surface area contributed by atoms with Crippen LogP contribution in [0.2, 0.25) is 0 Å². The molecule has 0 aromatic heterocycles. The molecule has 0 aromatic carbocycles. The van der Waals surface area contributed by atoms with Crippen LogP contribution in [0.15, 0.2) is 0 Å². The number of carbonyl (C=O) groups excluding carboxylic acids is 1. The van der Waals surface area contributed by atoms with Gasteiger partial charge in [-0.25, -0.2) is 0 Å². The second-order valence-electron chi connectivity index (χ2n) is 3.46. The molecule has 13 heavy (non-hydrogen) atoms. The van der Waals surface area contributed by atoms with Crippen molar-refractivity contribution in [2.75, 3.05) is 13.6 Å². The number of nitrogens with zero attached hydrogens (tertiary/aromatic N) is 1. The van der Waals surface area contributed by atoms with Crippen LogP contribution in [0, 0.1) is 5.92 Å². The van der Waals surface area contributed by atoms with E-state index in [9.17, 15) is 18.0 Å². The average molecular weight is 197 g/mol. The fraction of sp³-hybridized carbons (Fsp3) is 0.875. The molecule has 0 bridgehead atoms. The van der Waals surface area contributed by atoms with E-state index in [2.05, 4.69) is 0 Å². The molecule has 0 fully saturated rings. The van der Waals surface area contributed by atoms with Crippen LogP contribution in [0.5, 0.6) is 0 Å². The molecule has 0 rings (SSSR count). The molecule has 0 saturated heterocycles. The summed E-state index contributed by atoms with van der Waals surface area (Å²) in [6.07, 6.45) is -4.14. The van der Waals surface area contributed by atoms with Crippen molar-refractivity contribution in [2.45, 2.75) is 26.4 Å². The third-order valence-electron chi connectivity index (χ3n) is 1.43. The molecule has 0 saturated carbocycles. The van der Waals surface area contributed by atoms with Crippen molar-refractivity contribution in [3.05, 3.63) is 0 Å². The molecule has 0 atom stereocenters. The van der Waals surface area contributed by atoms with Crippen molar-refractivity contribution in [2.24, 2.45) is 5.92 Å². The minimum absolute atomic E-state index is 0.0863. The molecule has 0 aromatic rings. The van der Waals surface area contributed by atoms with Gasteiger partial charge in [0.1, 0.15) is 6.54 Å². The third kappa shape index (κ3) is 6.42. The summed E-state index contributed by atoms with van der Waals surface area (Å²) < 4.78 is 35.4. The van der Waals surface area contributed by atoms with E-state index >= 15 is 0 Å². The molecule has 0 spiro atoms. The Morgan fingerprint density at radius 3 is 2.15 bits per heavy atom. The summed E-state index contributed by atoms with van der Waals surface area (Å²) in [4.78, 5) is 11.8. The first-order valence-electron chi connectivity index (χ1n) is 4.03. The summed E-state index contributed by atoms with van der Waals surface area (Å²) in [6.45, 7) is 2.41. The number of rotatable bonds is 3. The summed E-state index contributed by atoms with van der Waals surface area (Å²) in [5.74, 6) is -0.379. The quantitative estimate of drug-likeness (QED) is 0.678. The Labute approximate surface area is 75.7 Å². The van der Waals surface area contributed by atoms with Gasteiger partial charge in [-0.15, -0.1) is 0 Å². The van der Waals surface area contributed by atoms with Crippen molar-refractivity contribution in [3.63, 3.8) is 0 Å². The summed E-state index contributed by atoms with van der Waals surface area (Å²) in [5, 5.41) is 0. The summed E-state index contributed by atoms with van der Waals surface area (Å²) >= 11 is 0. The lowest BCUT2D eigenvalue weighted by atomic mass is 10.1. The van der Waals surface area contributed by atoms with Crippen LogP contribution in [0.1, 0.15) is 20.3 Å². The molecule has 0 radical (unpaired) electrons. The molecule has 0 aliphatic heterocycles. The lowest BCUT2D eigenvalue weighted by Gasteiger charge is -2.19. The van der Waals surface area contributed by atoms with Gasteiger partial charge in [-0.05, 0) is 5.92 Å². The van der Waals surface area contributed by atoms with Crippen LogP contribution >= 0.6 is 0 Å². The standard InChI is InChI=1S/C8H14F3NO/c1-6(2)4-7(13)12(3)5-8(9,10)11/h6H,4-5H2,1-3H3. The van der Waals surface area contributed by atoms with Crippen LogP contribution in [0.3, 0.4) is 0 Å². The molecule has 5 heteroatoms. The van der Waals surface area contributed by atoms with Gasteiger partial charge in [0.2, 0.25) is 5.91 Å². The van der Waals surface area contributed by atoms with E-state index in [0.717, 1.165) is 7.05 Å². The van der Waals surface area contributed by atoms with Gasteiger partial charge in [0.05, 0.1) is 0 Å². The SMILES string of the molecule is CC(C)CC(=O)N(C)CC(F)(F)F. The Hall–Kier alpha value is -0.740. The van der Waals surface area contributed by atoms with E-state index < -0.39 is 18.6 Å². The van der Waals surface area contributed by atoms with Gasteiger partial charge in [0.25, 0.3) is 0 Å². The van der Waals surface area contributed by atoms with Gasteiger partial charge in [-0.2, -0.15) is 13.2 Å². The molecule has 0 unspecified atom stereocenters. The van der Waals surface area contributed by atoms with Gasteiger partial charge in [-0.1, -0.05) is 13.8 Å². The highest BCUT2D eigenvalue weighted by Gasteiger charge is 2.31. The minimum atomic E-state index is -4.30. The maximum Gasteiger partial charge on any atom is 0.406 e. The monoisotopic (exact) mass is 197 g/mol. The summed E-state index contributed by atoms with van der Waals surface area (Å²) in [5.41, 5.74) is 0. The number of amides is 1. The van der Waals surface area contributed by atoms with Crippen molar-refractivity contribution >= 4 is 5.91 Å². The maximum atomic E-state index is 11.8. The number of halogens is 3. The Morgan fingerprint density at radius 2 is 1.85 bits per heavy atom. The molecule has 2 nitrogen and oxygen atoms in total. The van der Waals surface area contributed by atoms with Crippen LogP contribution in [0.25, 0.3) is 0 Å². The van der Waals surface area contributed by atoms with E-state index in [1.54, 1.807) is 13.8 Å². The summed E-state index contributed by atoms with van der Waals surface area (Å²) in [7, 11) is 1.16. The number of alkyl halides is 3. The summed E-state index contributed by atoms with van der Waals surface area (Å²) in [6, 6.07) is 0. The van der Waals surface area contributed by atoms with E-state index in [1.807, 2.05) is 0 Å². The maximum absolute atomic E-state index is 11.8. The van der Waals surface area contributed by atoms with Crippen molar-refractivity contribution in [3.8, 4) is 0 Å². The van der Waals surface area contributed by atoms with Crippen molar-refractivity contribution in [1.29, 1.82) is 0 Å². The van der Waals surface area contributed by atoms with Crippen LogP contribution < -0.4 is 0 Å². The van der Waals surface area contributed by atoms with E-state index in [4.69, 9.17) is 0 Å². The highest BCUT2D eigenvalue weighted by molar-refractivity contribution is 5.76. The lowest BCUT2D eigenvalue weighted by molar-refractivity contribution is -0.158. The second-order valence-corrected chi connectivity index (χ2v) is 3.46. The van der Waals surface area contributed by atoms with Crippen LogP contribution in [-0.2, 0) is 4.79 Å². The first kappa shape index (κ1) is 12.3. The van der Waals surface area contributed by atoms with Crippen molar-refractivity contribution < 1.29 is 18.0 Å². The Balaban J connectivity index is 3.97. The molecular weight excluding hydrogens is 183 g/mol. The number of hydrogen-bond donors (Lipinski definition) is 0. The van der Waals surface area contributed by atoms with E-state index in [0.29, 0.717) is 4.90 Å². The average Bonchev–Trinajstić information content (AvgIpc) is 1.81. The zero-order valence-corrected chi connectivity index (χ0v) is 7.98. The van der Waals surface area contributed by atoms with Crippen LogP contribution in [-0.4, -0.2) is 30.6 Å². The highest BCUT2D eigenvalue weighted by Crippen LogP contribution is 2.16. The third-order valence-corrected chi connectivity index (χ3v) is 1.43. The first-order chi connectivity index (χ1) is 5.72. The second kappa shape index (κ2) is 4.48. The predicted octanol–water partition coefficient (Wildman–Crippen LogP) is 2.05. The van der Waals surface area contributed by atoms with Gasteiger partial charge >= 0.3 is 6.18 Å². The lowest BCUT2D eigenvalue weighted by Crippen LogP contribution is -2.36. The normalized spacial score (nSPS) is 11.9. The molecule has 0 aliphatic carbocycles. The zero-order valence-electron chi connectivity index (χ0n) is 7.98. The molecule has 0 heterocycles. The Bertz CT molecular complexity index is 177. The van der Waals surface area contributed by atoms with Gasteiger partial charge < -0.3 is 4.90 Å². The molecule has 78 valence electrons. The predicted molar refractivity (Wildman–Crippen MR) is 43.1 cm³/mol. The van der Waals surface area contributed by atoms with E-state index in [-0.39, 0.29) is 12.3 Å². The van der Waals surface area contributed by atoms with Gasteiger partial charge in [-0.3, -0.25) is 4.79 Å². The van der Waals surface area contributed by atoms with Crippen molar-refractivity contribution in [1.82, 2.24) is 4.90 Å². The fourth-order valence-corrected chi connectivity index (χ4v) is 0.862. The number of carbonyl (C=O) groups is 1.